The second kappa shape index (κ2) is 5.09. The van der Waals surface area contributed by atoms with E-state index in [2.05, 4.69) is 0 Å². The summed E-state index contributed by atoms with van der Waals surface area (Å²) in [6.45, 7) is 0. The Bertz CT molecular complexity index is 121. The van der Waals surface area contributed by atoms with Gasteiger partial charge in [0.05, 0.1) is 0 Å². The molecule has 2 aliphatic rings. The standard InChI is InChI=1S/C7H13N.2ClH.Ti/c8-7-4-5-1-2-6(7)3-5;;;/h5-7H,1-4,8H2;2*1H;/q;;;+2/p-2. The van der Waals surface area contributed by atoms with Crippen LogP contribution in [-0.2, 0) is 17.0 Å². The molecule has 2 aliphatic carbocycles. The number of hydrogen-bond donors (Lipinski definition) is 1. The zero-order valence-corrected chi connectivity index (χ0v) is 9.47. The normalized spacial score (nSPS) is 39.7. The van der Waals surface area contributed by atoms with Crippen molar-refractivity contribution in [3.63, 3.8) is 0 Å². The third-order valence-electron chi connectivity index (χ3n) is 2.79. The third kappa shape index (κ3) is 2.89. The van der Waals surface area contributed by atoms with Crippen LogP contribution in [0.2, 0.25) is 0 Å². The molecule has 2 saturated carbocycles. The van der Waals surface area contributed by atoms with Gasteiger partial charge in [0.1, 0.15) is 0 Å². The topological polar surface area (TPSA) is 26.0 Å². The molecular formula is C7H13Cl2NTi. The fraction of sp³-hybridized carbons (Fsp3) is 1.00. The van der Waals surface area contributed by atoms with Gasteiger partial charge in [0.15, 0.2) is 0 Å². The molecule has 2 rings (SSSR count). The van der Waals surface area contributed by atoms with E-state index in [9.17, 15) is 0 Å². The van der Waals surface area contributed by atoms with E-state index in [0.717, 1.165) is 11.8 Å². The number of halogens is 2. The van der Waals surface area contributed by atoms with E-state index >= 15 is 0 Å². The number of fused-ring (bicyclic) bond motifs is 2. The Kier molecular flexibility index (Phi) is 4.78. The molecule has 2 N–H and O–H groups in total. The van der Waals surface area contributed by atoms with Crippen molar-refractivity contribution < 1.29 is 17.0 Å². The summed E-state index contributed by atoms with van der Waals surface area (Å²) in [5, 5.41) is 0. The molecule has 64 valence electrons. The fourth-order valence-corrected chi connectivity index (χ4v) is 2.29. The van der Waals surface area contributed by atoms with Gasteiger partial charge in [-0.1, -0.05) is 6.42 Å². The Morgan fingerprint density at radius 2 is 1.82 bits per heavy atom. The van der Waals surface area contributed by atoms with Crippen LogP contribution >= 0.6 is 18.6 Å². The SMILES string of the molecule is NC1CC2CCC1C2.[Cl][Ti][Cl]. The molecule has 0 aromatic heterocycles. The van der Waals surface area contributed by atoms with E-state index in [-0.39, 0.29) is 0 Å². The summed E-state index contributed by atoms with van der Waals surface area (Å²) in [6.07, 6.45) is 5.66. The minimum atomic E-state index is -0.556. The van der Waals surface area contributed by atoms with E-state index in [4.69, 9.17) is 24.3 Å². The summed E-state index contributed by atoms with van der Waals surface area (Å²) < 4.78 is 0. The van der Waals surface area contributed by atoms with Crippen molar-refractivity contribution in [2.24, 2.45) is 17.6 Å². The summed E-state index contributed by atoms with van der Waals surface area (Å²) in [6, 6.07) is 0.578. The first-order valence-corrected chi connectivity index (χ1v) is 8.29. The van der Waals surface area contributed by atoms with E-state index in [1.807, 2.05) is 0 Å². The van der Waals surface area contributed by atoms with Crippen molar-refractivity contribution in [3.8, 4) is 0 Å². The molecule has 2 fully saturated rings. The second-order valence-corrected chi connectivity index (χ2v) is 5.99. The van der Waals surface area contributed by atoms with Crippen molar-refractivity contribution in [2.45, 2.75) is 31.7 Å². The Hall–Kier alpha value is 1.25. The first-order valence-electron chi connectivity index (χ1n) is 3.99. The minimum absolute atomic E-state index is 0.556. The Morgan fingerprint density at radius 1 is 1.18 bits per heavy atom. The molecule has 0 aliphatic heterocycles. The quantitative estimate of drug-likeness (QED) is 0.635. The van der Waals surface area contributed by atoms with Crippen LogP contribution in [0.1, 0.15) is 25.7 Å². The van der Waals surface area contributed by atoms with Crippen molar-refractivity contribution in [1.29, 1.82) is 0 Å². The van der Waals surface area contributed by atoms with Gasteiger partial charge in [-0.05, 0) is 31.1 Å². The molecule has 0 heterocycles. The number of nitrogens with two attached hydrogens (primary N) is 1. The third-order valence-corrected chi connectivity index (χ3v) is 2.79. The van der Waals surface area contributed by atoms with Gasteiger partial charge in [-0.2, -0.15) is 0 Å². The van der Waals surface area contributed by atoms with Crippen LogP contribution in [-0.4, -0.2) is 6.04 Å². The molecule has 4 heteroatoms. The molecule has 3 atom stereocenters. The van der Waals surface area contributed by atoms with Crippen molar-refractivity contribution >= 4 is 18.6 Å². The summed E-state index contributed by atoms with van der Waals surface area (Å²) in [5.74, 6) is 1.94. The zero-order valence-electron chi connectivity index (χ0n) is 6.39. The molecule has 0 amide bonds. The first kappa shape index (κ1) is 10.3. The molecule has 0 radical (unpaired) electrons. The predicted molar refractivity (Wildman–Crippen MR) is 45.1 cm³/mol. The van der Waals surface area contributed by atoms with Crippen LogP contribution in [0, 0.1) is 11.8 Å². The van der Waals surface area contributed by atoms with Crippen molar-refractivity contribution in [3.05, 3.63) is 0 Å². The Morgan fingerprint density at radius 3 is 2.00 bits per heavy atom. The monoisotopic (exact) mass is 229 g/mol. The van der Waals surface area contributed by atoms with Gasteiger partial charge in [0.25, 0.3) is 0 Å². The summed E-state index contributed by atoms with van der Waals surface area (Å²) in [7, 11) is 9.78. The van der Waals surface area contributed by atoms with E-state index < -0.39 is 17.0 Å². The van der Waals surface area contributed by atoms with Gasteiger partial charge in [-0.25, -0.2) is 0 Å². The van der Waals surface area contributed by atoms with E-state index in [1.54, 1.807) is 0 Å². The number of hydrogen-bond acceptors (Lipinski definition) is 1. The van der Waals surface area contributed by atoms with Gasteiger partial charge < -0.3 is 5.73 Å². The zero-order chi connectivity index (χ0) is 8.27. The summed E-state index contributed by atoms with van der Waals surface area (Å²) >= 11 is -0.556. The molecule has 3 unspecified atom stereocenters. The average molecular weight is 230 g/mol. The van der Waals surface area contributed by atoms with Gasteiger partial charge in [0, 0.05) is 6.04 Å². The van der Waals surface area contributed by atoms with E-state index in [1.165, 1.54) is 25.7 Å². The van der Waals surface area contributed by atoms with Crippen LogP contribution in [0.15, 0.2) is 0 Å². The molecule has 1 nitrogen and oxygen atoms in total. The van der Waals surface area contributed by atoms with Gasteiger partial charge in [-0.3, -0.25) is 0 Å². The first-order chi connectivity index (χ1) is 5.27. The molecule has 0 aromatic rings. The van der Waals surface area contributed by atoms with Crippen LogP contribution in [0.5, 0.6) is 0 Å². The molecule has 0 aromatic carbocycles. The van der Waals surface area contributed by atoms with Crippen molar-refractivity contribution in [2.75, 3.05) is 0 Å². The van der Waals surface area contributed by atoms with Crippen LogP contribution in [0.4, 0.5) is 0 Å². The Balaban J connectivity index is 0.000000179. The fourth-order valence-electron chi connectivity index (χ4n) is 2.29. The van der Waals surface area contributed by atoms with Crippen LogP contribution in [0.25, 0.3) is 0 Å². The van der Waals surface area contributed by atoms with Gasteiger partial charge in [0.2, 0.25) is 0 Å². The molecule has 2 bridgehead atoms. The van der Waals surface area contributed by atoms with Crippen LogP contribution in [0.3, 0.4) is 0 Å². The summed E-state index contributed by atoms with van der Waals surface area (Å²) in [5.41, 5.74) is 5.82. The summed E-state index contributed by atoms with van der Waals surface area (Å²) in [4.78, 5) is 0. The second-order valence-electron chi connectivity index (χ2n) is 3.41. The molecule has 0 spiro atoms. The van der Waals surface area contributed by atoms with Crippen LogP contribution < -0.4 is 5.73 Å². The Labute approximate surface area is 84.7 Å². The predicted octanol–water partition coefficient (Wildman–Crippen LogP) is 2.51. The molecule has 11 heavy (non-hydrogen) atoms. The molecular weight excluding hydrogens is 217 g/mol. The average Bonchev–Trinajstić information content (AvgIpc) is 2.48. The molecule has 0 saturated heterocycles. The van der Waals surface area contributed by atoms with Crippen molar-refractivity contribution in [1.82, 2.24) is 0 Å². The van der Waals surface area contributed by atoms with Gasteiger partial charge >= 0.3 is 35.6 Å². The maximum absolute atomic E-state index is 5.82. The van der Waals surface area contributed by atoms with Gasteiger partial charge in [-0.15, -0.1) is 0 Å². The number of rotatable bonds is 0. The van der Waals surface area contributed by atoms with E-state index in [0.29, 0.717) is 6.04 Å². The maximum atomic E-state index is 5.82.